The predicted octanol–water partition coefficient (Wildman–Crippen LogP) is 1.17. The van der Waals surface area contributed by atoms with Gasteiger partial charge in [0.1, 0.15) is 0 Å². The molecule has 5 nitrogen and oxygen atoms in total. The molecule has 6 heteroatoms. The molecular weight excluding hydrogens is 262 g/mol. The van der Waals surface area contributed by atoms with Crippen LogP contribution in [0.1, 0.15) is 45.4 Å². The van der Waals surface area contributed by atoms with Crippen molar-refractivity contribution >= 4 is 10.2 Å². The van der Waals surface area contributed by atoms with E-state index in [2.05, 4.69) is 6.92 Å². The third-order valence-electron chi connectivity index (χ3n) is 4.49. The smallest absolute Gasteiger partial charge is 0.282 e. The molecular formula is C13H27N3O2S. The molecule has 0 saturated carbocycles. The zero-order chi connectivity index (χ0) is 13.9. The van der Waals surface area contributed by atoms with Crippen LogP contribution in [0.5, 0.6) is 0 Å². The van der Waals surface area contributed by atoms with Crippen LogP contribution in [0.15, 0.2) is 0 Å². The molecule has 0 aromatic heterocycles. The van der Waals surface area contributed by atoms with Crippen LogP contribution in [0.3, 0.4) is 0 Å². The zero-order valence-corrected chi connectivity index (χ0v) is 12.7. The van der Waals surface area contributed by atoms with Gasteiger partial charge in [-0.2, -0.15) is 17.0 Å². The third kappa shape index (κ3) is 3.29. The van der Waals surface area contributed by atoms with E-state index in [9.17, 15) is 8.42 Å². The lowest BCUT2D eigenvalue weighted by molar-refractivity contribution is 0.180. The molecule has 0 aliphatic carbocycles. The summed E-state index contributed by atoms with van der Waals surface area (Å²) in [5, 5.41) is 0. The first-order chi connectivity index (χ1) is 9.07. The van der Waals surface area contributed by atoms with Crippen molar-refractivity contribution in [2.45, 2.75) is 51.5 Å². The van der Waals surface area contributed by atoms with Gasteiger partial charge in [0.05, 0.1) is 0 Å². The molecule has 2 heterocycles. The molecule has 2 aliphatic rings. The number of hydrogen-bond acceptors (Lipinski definition) is 3. The van der Waals surface area contributed by atoms with Crippen LogP contribution in [0, 0.1) is 5.92 Å². The lowest BCUT2D eigenvalue weighted by Crippen LogP contribution is -2.55. The molecule has 2 saturated heterocycles. The summed E-state index contributed by atoms with van der Waals surface area (Å²) in [5.74, 6) is 0.362. The van der Waals surface area contributed by atoms with Gasteiger partial charge in [-0.3, -0.25) is 0 Å². The van der Waals surface area contributed by atoms with Gasteiger partial charge in [-0.25, -0.2) is 0 Å². The molecule has 0 radical (unpaired) electrons. The van der Waals surface area contributed by atoms with E-state index in [0.29, 0.717) is 32.1 Å². The SMILES string of the molecule is C[C@H]1CCCN(S(=O)(=O)N2CCCCCC2)[C@H]1CN. The van der Waals surface area contributed by atoms with Crippen LogP contribution in [0.4, 0.5) is 0 Å². The topological polar surface area (TPSA) is 66.6 Å². The van der Waals surface area contributed by atoms with Gasteiger partial charge in [0.25, 0.3) is 10.2 Å². The second kappa shape index (κ2) is 6.52. The minimum Gasteiger partial charge on any atom is -0.329 e. The van der Waals surface area contributed by atoms with Crippen molar-refractivity contribution in [1.29, 1.82) is 0 Å². The molecule has 2 N–H and O–H groups in total. The van der Waals surface area contributed by atoms with Gasteiger partial charge >= 0.3 is 0 Å². The quantitative estimate of drug-likeness (QED) is 0.848. The van der Waals surface area contributed by atoms with Gasteiger partial charge in [-0.1, -0.05) is 19.8 Å². The Hall–Kier alpha value is -0.170. The predicted molar refractivity (Wildman–Crippen MR) is 76.9 cm³/mol. The van der Waals surface area contributed by atoms with Crippen LogP contribution in [-0.4, -0.2) is 49.2 Å². The second-order valence-electron chi connectivity index (χ2n) is 5.85. The first-order valence-corrected chi connectivity index (χ1v) is 8.94. The Kier molecular flexibility index (Phi) is 5.22. The average Bonchev–Trinajstić information content (AvgIpc) is 2.67. The van der Waals surface area contributed by atoms with E-state index in [1.807, 2.05) is 0 Å². The van der Waals surface area contributed by atoms with Crippen LogP contribution in [0.25, 0.3) is 0 Å². The molecule has 19 heavy (non-hydrogen) atoms. The molecule has 0 bridgehead atoms. The maximum atomic E-state index is 12.8. The van der Waals surface area contributed by atoms with Gasteiger partial charge < -0.3 is 5.73 Å². The summed E-state index contributed by atoms with van der Waals surface area (Å²) in [6.45, 7) is 4.51. The van der Waals surface area contributed by atoms with Crippen molar-refractivity contribution in [3.05, 3.63) is 0 Å². The number of piperidine rings is 1. The summed E-state index contributed by atoms with van der Waals surface area (Å²) in [7, 11) is -3.32. The van der Waals surface area contributed by atoms with E-state index in [1.54, 1.807) is 8.61 Å². The minimum atomic E-state index is -3.32. The maximum Gasteiger partial charge on any atom is 0.282 e. The number of nitrogens with two attached hydrogens (primary N) is 1. The molecule has 0 aromatic carbocycles. The molecule has 0 aromatic rings. The maximum absolute atomic E-state index is 12.8. The van der Waals surface area contributed by atoms with Gasteiger partial charge in [0, 0.05) is 32.2 Å². The van der Waals surface area contributed by atoms with Crippen molar-refractivity contribution in [3.8, 4) is 0 Å². The highest BCUT2D eigenvalue weighted by Crippen LogP contribution is 2.27. The van der Waals surface area contributed by atoms with Gasteiger partial charge in [-0.15, -0.1) is 0 Å². The molecule has 2 atom stereocenters. The summed E-state index contributed by atoms with van der Waals surface area (Å²) >= 11 is 0. The summed E-state index contributed by atoms with van der Waals surface area (Å²) in [6, 6.07) is -0.0259. The standard InChI is InChI=1S/C13H27N3O2S/c1-12-7-6-10-16(13(12)11-14)19(17,18)15-8-4-2-3-5-9-15/h12-13H,2-11,14H2,1H3/t12-,13-/m0/s1. The van der Waals surface area contributed by atoms with E-state index in [4.69, 9.17) is 5.73 Å². The van der Waals surface area contributed by atoms with Crippen LogP contribution >= 0.6 is 0 Å². The fourth-order valence-corrected chi connectivity index (χ4v) is 5.28. The molecule has 112 valence electrons. The lowest BCUT2D eigenvalue weighted by atomic mass is 9.93. The van der Waals surface area contributed by atoms with E-state index in [1.165, 1.54) is 0 Å². The Bertz CT molecular complexity index is 377. The number of nitrogens with zero attached hydrogens (tertiary/aromatic N) is 2. The summed E-state index contributed by atoms with van der Waals surface area (Å²) in [6.07, 6.45) is 6.27. The summed E-state index contributed by atoms with van der Waals surface area (Å²) in [4.78, 5) is 0. The Morgan fingerprint density at radius 3 is 2.26 bits per heavy atom. The van der Waals surface area contributed by atoms with E-state index < -0.39 is 10.2 Å². The average molecular weight is 289 g/mol. The van der Waals surface area contributed by atoms with Crippen LogP contribution in [0.2, 0.25) is 0 Å². The Labute approximate surface area is 117 Å². The van der Waals surface area contributed by atoms with Crippen molar-refractivity contribution in [3.63, 3.8) is 0 Å². The Morgan fingerprint density at radius 2 is 1.68 bits per heavy atom. The lowest BCUT2D eigenvalue weighted by Gasteiger charge is -2.40. The van der Waals surface area contributed by atoms with E-state index in [0.717, 1.165) is 38.5 Å². The highest BCUT2D eigenvalue weighted by molar-refractivity contribution is 7.86. The largest absolute Gasteiger partial charge is 0.329 e. The highest BCUT2D eigenvalue weighted by Gasteiger charge is 2.38. The van der Waals surface area contributed by atoms with Crippen molar-refractivity contribution < 1.29 is 8.42 Å². The summed E-state index contributed by atoms with van der Waals surface area (Å²) in [5.41, 5.74) is 5.82. The van der Waals surface area contributed by atoms with Crippen LogP contribution in [-0.2, 0) is 10.2 Å². The minimum absolute atomic E-state index is 0.0259. The fourth-order valence-electron chi connectivity index (χ4n) is 3.27. The Morgan fingerprint density at radius 1 is 1.05 bits per heavy atom. The van der Waals surface area contributed by atoms with Crippen molar-refractivity contribution in [2.24, 2.45) is 11.7 Å². The Balaban J connectivity index is 2.16. The normalized spacial score (nSPS) is 32.1. The van der Waals surface area contributed by atoms with Gasteiger partial charge in [-0.05, 0) is 31.6 Å². The monoisotopic (exact) mass is 289 g/mol. The van der Waals surface area contributed by atoms with Crippen molar-refractivity contribution in [2.75, 3.05) is 26.2 Å². The summed E-state index contributed by atoms with van der Waals surface area (Å²) < 4.78 is 29.0. The molecule has 2 fully saturated rings. The third-order valence-corrected chi connectivity index (χ3v) is 6.56. The molecule has 2 rings (SSSR count). The molecule has 0 spiro atoms. The van der Waals surface area contributed by atoms with Gasteiger partial charge in [0.15, 0.2) is 0 Å². The van der Waals surface area contributed by atoms with E-state index in [-0.39, 0.29) is 6.04 Å². The van der Waals surface area contributed by atoms with Crippen LogP contribution < -0.4 is 5.73 Å². The number of hydrogen-bond donors (Lipinski definition) is 1. The molecule has 0 unspecified atom stereocenters. The number of rotatable bonds is 3. The first kappa shape index (κ1) is 15.2. The zero-order valence-electron chi connectivity index (χ0n) is 11.9. The second-order valence-corrected chi connectivity index (χ2v) is 7.74. The molecule has 0 amide bonds. The van der Waals surface area contributed by atoms with E-state index >= 15 is 0 Å². The first-order valence-electron chi connectivity index (χ1n) is 7.54. The van der Waals surface area contributed by atoms with Crippen molar-refractivity contribution in [1.82, 2.24) is 8.61 Å². The fraction of sp³-hybridized carbons (Fsp3) is 1.00. The highest BCUT2D eigenvalue weighted by atomic mass is 32.2. The molecule has 2 aliphatic heterocycles. The van der Waals surface area contributed by atoms with Gasteiger partial charge in [0.2, 0.25) is 0 Å².